The number of aromatic nitrogens is 3. The lowest BCUT2D eigenvalue weighted by Gasteiger charge is -2.13. The first kappa shape index (κ1) is 19.4. The van der Waals surface area contributed by atoms with Gasteiger partial charge in [-0.3, -0.25) is 9.78 Å². The summed E-state index contributed by atoms with van der Waals surface area (Å²) in [6.07, 6.45) is 6.74. The maximum Gasteiger partial charge on any atom is 0.249 e. The molecule has 0 aliphatic carbocycles. The molecule has 0 radical (unpaired) electrons. The van der Waals surface area contributed by atoms with Gasteiger partial charge in [0.05, 0.1) is 18.3 Å². The van der Waals surface area contributed by atoms with E-state index in [4.69, 9.17) is 0 Å². The topological polar surface area (TPSA) is 63.1 Å². The number of para-hydroxylation sites is 1. The molecule has 6 heteroatoms. The van der Waals surface area contributed by atoms with E-state index in [-0.39, 0.29) is 5.91 Å². The maximum atomic E-state index is 12.5. The Morgan fingerprint density at radius 2 is 1.83 bits per heavy atom. The first-order chi connectivity index (χ1) is 14.6. The van der Waals surface area contributed by atoms with Crippen molar-refractivity contribution in [2.45, 2.75) is 6.54 Å². The SMILES string of the molecule is CN(C)c1ccc(Cn2nccc2NC(=O)/C=C/c2cccc3cccnc23)cc1. The van der Waals surface area contributed by atoms with Crippen LogP contribution >= 0.6 is 0 Å². The lowest BCUT2D eigenvalue weighted by molar-refractivity contribution is -0.111. The first-order valence-corrected chi connectivity index (χ1v) is 9.71. The van der Waals surface area contributed by atoms with Gasteiger partial charge in [-0.25, -0.2) is 4.68 Å². The zero-order valence-electron chi connectivity index (χ0n) is 17.0. The maximum absolute atomic E-state index is 12.5. The van der Waals surface area contributed by atoms with E-state index in [0.29, 0.717) is 12.4 Å². The lowest BCUT2D eigenvalue weighted by Crippen LogP contribution is -2.14. The molecular weight excluding hydrogens is 374 g/mol. The minimum atomic E-state index is -0.215. The van der Waals surface area contributed by atoms with Crippen molar-refractivity contribution < 1.29 is 4.79 Å². The van der Waals surface area contributed by atoms with Crippen LogP contribution in [0.25, 0.3) is 17.0 Å². The third-order valence-electron chi connectivity index (χ3n) is 4.83. The van der Waals surface area contributed by atoms with Crippen molar-refractivity contribution in [2.75, 3.05) is 24.3 Å². The molecule has 150 valence electrons. The molecule has 30 heavy (non-hydrogen) atoms. The summed E-state index contributed by atoms with van der Waals surface area (Å²) in [7, 11) is 4.02. The Balaban J connectivity index is 1.45. The minimum absolute atomic E-state index is 0.215. The fourth-order valence-electron chi connectivity index (χ4n) is 3.23. The van der Waals surface area contributed by atoms with Crippen LogP contribution in [-0.4, -0.2) is 34.8 Å². The zero-order chi connectivity index (χ0) is 20.9. The fourth-order valence-corrected chi connectivity index (χ4v) is 3.23. The molecule has 0 saturated heterocycles. The number of carbonyl (C=O) groups is 1. The lowest BCUT2D eigenvalue weighted by atomic mass is 10.1. The second kappa shape index (κ2) is 8.61. The molecule has 0 spiro atoms. The van der Waals surface area contributed by atoms with Crippen LogP contribution in [0, 0.1) is 0 Å². The molecule has 0 saturated carbocycles. The van der Waals surface area contributed by atoms with Gasteiger partial charge in [-0.2, -0.15) is 5.10 Å². The number of nitrogens with zero attached hydrogens (tertiary/aromatic N) is 4. The number of fused-ring (bicyclic) bond motifs is 1. The number of anilines is 2. The molecule has 0 atom stereocenters. The molecule has 6 nitrogen and oxygen atoms in total. The van der Waals surface area contributed by atoms with Crippen LogP contribution < -0.4 is 10.2 Å². The molecule has 0 aliphatic heterocycles. The third kappa shape index (κ3) is 4.38. The number of amides is 1. The molecular formula is C24H23N5O. The minimum Gasteiger partial charge on any atom is -0.378 e. The van der Waals surface area contributed by atoms with Crippen LogP contribution in [0.1, 0.15) is 11.1 Å². The van der Waals surface area contributed by atoms with Crippen LogP contribution in [-0.2, 0) is 11.3 Å². The van der Waals surface area contributed by atoms with E-state index in [1.807, 2.05) is 44.4 Å². The smallest absolute Gasteiger partial charge is 0.249 e. The summed E-state index contributed by atoms with van der Waals surface area (Å²) in [6.45, 7) is 0.577. The summed E-state index contributed by atoms with van der Waals surface area (Å²) in [4.78, 5) is 18.9. The second-order valence-electron chi connectivity index (χ2n) is 7.18. The Morgan fingerprint density at radius 3 is 2.63 bits per heavy atom. The molecule has 0 aliphatic rings. The monoisotopic (exact) mass is 397 g/mol. The summed E-state index contributed by atoms with van der Waals surface area (Å²) in [6, 6.07) is 19.9. The van der Waals surface area contributed by atoms with Crippen molar-refractivity contribution >= 4 is 34.4 Å². The second-order valence-corrected chi connectivity index (χ2v) is 7.18. The Labute approximate surface area is 175 Å². The number of carbonyl (C=O) groups excluding carboxylic acids is 1. The number of nitrogens with one attached hydrogen (secondary N) is 1. The third-order valence-corrected chi connectivity index (χ3v) is 4.83. The van der Waals surface area contributed by atoms with E-state index < -0.39 is 0 Å². The summed E-state index contributed by atoms with van der Waals surface area (Å²) in [5.74, 6) is 0.435. The standard InChI is InChI=1S/C24H23N5O/c1-28(2)21-11-8-18(9-12-21)17-29-22(14-16-26-29)27-23(30)13-10-20-6-3-5-19-7-4-15-25-24(19)20/h3-16H,17H2,1-2H3,(H,27,30)/b13-10+. The van der Waals surface area contributed by atoms with Crippen LogP contribution in [0.3, 0.4) is 0 Å². The largest absolute Gasteiger partial charge is 0.378 e. The van der Waals surface area contributed by atoms with Crippen LogP contribution in [0.2, 0.25) is 0 Å². The van der Waals surface area contributed by atoms with Gasteiger partial charge >= 0.3 is 0 Å². The molecule has 2 aromatic carbocycles. The van der Waals surface area contributed by atoms with Crippen LogP contribution in [0.5, 0.6) is 0 Å². The van der Waals surface area contributed by atoms with Gasteiger partial charge in [0.2, 0.25) is 5.91 Å². The van der Waals surface area contributed by atoms with Gasteiger partial charge in [-0.05, 0) is 29.8 Å². The molecule has 0 bridgehead atoms. The summed E-state index contributed by atoms with van der Waals surface area (Å²) in [5.41, 5.74) is 4.02. The Kier molecular flexibility index (Phi) is 5.57. The van der Waals surface area contributed by atoms with E-state index in [9.17, 15) is 4.79 Å². The van der Waals surface area contributed by atoms with Crippen molar-refractivity contribution in [3.63, 3.8) is 0 Å². The highest BCUT2D eigenvalue weighted by atomic mass is 16.1. The molecule has 4 rings (SSSR count). The van der Waals surface area contributed by atoms with Crippen molar-refractivity contribution in [2.24, 2.45) is 0 Å². The summed E-state index contributed by atoms with van der Waals surface area (Å²) >= 11 is 0. The predicted molar refractivity (Wildman–Crippen MR) is 122 cm³/mol. The molecule has 0 fully saturated rings. The molecule has 1 amide bonds. The highest BCUT2D eigenvalue weighted by molar-refractivity contribution is 6.02. The van der Waals surface area contributed by atoms with E-state index in [1.54, 1.807) is 29.2 Å². The number of rotatable bonds is 6. The van der Waals surface area contributed by atoms with E-state index in [1.165, 1.54) is 6.08 Å². The molecule has 1 N–H and O–H groups in total. The average Bonchev–Trinajstić information content (AvgIpc) is 3.19. The normalized spacial score (nSPS) is 11.1. The number of hydrogen-bond donors (Lipinski definition) is 1. The fraction of sp³-hybridized carbons (Fsp3) is 0.125. The molecule has 4 aromatic rings. The summed E-state index contributed by atoms with van der Waals surface area (Å²) in [5, 5.41) is 8.28. The van der Waals surface area contributed by atoms with Gasteiger partial charge < -0.3 is 10.2 Å². The number of pyridine rings is 1. The number of benzene rings is 2. The predicted octanol–water partition coefficient (Wildman–Crippen LogP) is 4.20. The molecule has 2 heterocycles. The van der Waals surface area contributed by atoms with E-state index in [0.717, 1.165) is 27.7 Å². The Bertz CT molecular complexity index is 1190. The average molecular weight is 397 g/mol. The van der Waals surface area contributed by atoms with Crippen molar-refractivity contribution in [1.82, 2.24) is 14.8 Å². The number of hydrogen-bond acceptors (Lipinski definition) is 4. The van der Waals surface area contributed by atoms with E-state index >= 15 is 0 Å². The zero-order valence-corrected chi connectivity index (χ0v) is 17.0. The molecule has 0 unspecified atom stereocenters. The van der Waals surface area contributed by atoms with Gasteiger partial charge in [0.15, 0.2) is 0 Å². The highest BCUT2D eigenvalue weighted by Gasteiger charge is 2.07. The first-order valence-electron chi connectivity index (χ1n) is 9.71. The van der Waals surface area contributed by atoms with Crippen molar-refractivity contribution in [1.29, 1.82) is 0 Å². The highest BCUT2D eigenvalue weighted by Crippen LogP contribution is 2.18. The van der Waals surface area contributed by atoms with Crippen LogP contribution in [0.4, 0.5) is 11.5 Å². The van der Waals surface area contributed by atoms with E-state index in [2.05, 4.69) is 44.6 Å². The quantitative estimate of drug-likeness (QED) is 0.496. The van der Waals surface area contributed by atoms with Crippen LogP contribution in [0.15, 0.2) is 79.1 Å². The summed E-state index contributed by atoms with van der Waals surface area (Å²) < 4.78 is 1.77. The van der Waals surface area contributed by atoms with Gasteiger partial charge in [0.1, 0.15) is 5.82 Å². The van der Waals surface area contributed by atoms with Gasteiger partial charge in [0.25, 0.3) is 0 Å². The van der Waals surface area contributed by atoms with Crippen molar-refractivity contribution in [3.05, 3.63) is 90.3 Å². The van der Waals surface area contributed by atoms with Gasteiger partial charge in [-0.15, -0.1) is 0 Å². The Hall–Kier alpha value is -3.93. The van der Waals surface area contributed by atoms with Gasteiger partial charge in [-0.1, -0.05) is 36.4 Å². The molecule has 2 aromatic heterocycles. The van der Waals surface area contributed by atoms with Gasteiger partial charge in [0, 0.05) is 49.1 Å². The van der Waals surface area contributed by atoms with Crippen molar-refractivity contribution in [3.8, 4) is 0 Å². The Morgan fingerprint density at radius 1 is 1.03 bits per heavy atom.